The zero-order chi connectivity index (χ0) is 19.5. The van der Waals surface area contributed by atoms with Gasteiger partial charge in [0.05, 0.1) is 11.3 Å². The van der Waals surface area contributed by atoms with Gasteiger partial charge in [0.25, 0.3) is 5.91 Å². The number of benzene rings is 1. The number of para-hydroxylation sites is 1. The highest BCUT2D eigenvalue weighted by atomic mass is 16.5. The lowest BCUT2D eigenvalue weighted by Gasteiger charge is -2.27. The summed E-state index contributed by atoms with van der Waals surface area (Å²) in [4.78, 5) is 17.3. The first kappa shape index (κ1) is 18.5. The van der Waals surface area contributed by atoms with Gasteiger partial charge in [-0.1, -0.05) is 18.2 Å². The summed E-state index contributed by atoms with van der Waals surface area (Å²) in [6.45, 7) is 2.35. The number of hydrogen-bond donors (Lipinski definition) is 2. The lowest BCUT2D eigenvalue weighted by atomic mass is 9.91. The molecule has 1 aliphatic rings. The van der Waals surface area contributed by atoms with Gasteiger partial charge < -0.3 is 20.2 Å². The van der Waals surface area contributed by atoms with E-state index in [2.05, 4.69) is 10.3 Å². The lowest BCUT2D eigenvalue weighted by molar-refractivity contribution is 0.0921. The quantitative estimate of drug-likeness (QED) is 0.714. The van der Waals surface area contributed by atoms with E-state index in [4.69, 9.17) is 10.5 Å². The van der Waals surface area contributed by atoms with E-state index in [0.717, 1.165) is 37.0 Å². The third-order valence-corrected chi connectivity index (χ3v) is 5.26. The number of aromatic nitrogens is 2. The molecule has 2 aromatic heterocycles. The number of hydrogen-bond acceptors (Lipinski definition) is 4. The van der Waals surface area contributed by atoms with Crippen LogP contribution in [0.3, 0.4) is 0 Å². The molecule has 6 nitrogen and oxygen atoms in total. The number of imidazole rings is 1. The molecule has 0 radical (unpaired) electrons. The number of carbonyl (C=O) groups excluding carboxylic acids is 1. The van der Waals surface area contributed by atoms with Gasteiger partial charge in [-0.05, 0) is 56.4 Å². The largest absolute Gasteiger partial charge is 0.486 e. The first-order valence-electron chi connectivity index (χ1n) is 9.81. The van der Waals surface area contributed by atoms with Crippen molar-refractivity contribution in [2.45, 2.75) is 51.3 Å². The van der Waals surface area contributed by atoms with Crippen molar-refractivity contribution in [1.82, 2.24) is 14.7 Å². The number of nitrogens with two attached hydrogens (primary N) is 1. The van der Waals surface area contributed by atoms with Crippen molar-refractivity contribution in [2.24, 2.45) is 5.73 Å². The van der Waals surface area contributed by atoms with Crippen molar-refractivity contribution < 1.29 is 9.53 Å². The Balaban J connectivity index is 1.44. The second-order valence-corrected chi connectivity index (χ2v) is 7.57. The number of pyridine rings is 1. The normalized spacial score (nSPS) is 19.5. The Bertz CT molecular complexity index is 974. The van der Waals surface area contributed by atoms with Crippen LogP contribution in [0.4, 0.5) is 0 Å². The lowest BCUT2D eigenvalue weighted by Crippen LogP contribution is -2.40. The molecule has 6 heteroatoms. The van der Waals surface area contributed by atoms with E-state index in [9.17, 15) is 4.79 Å². The highest BCUT2D eigenvalue weighted by Crippen LogP contribution is 2.22. The number of fused-ring (bicyclic) bond motifs is 1. The van der Waals surface area contributed by atoms with Crippen LogP contribution in [0.25, 0.3) is 5.65 Å². The smallest absolute Gasteiger partial charge is 0.255 e. The maximum absolute atomic E-state index is 12.8. The number of nitrogens with one attached hydrogen (secondary N) is 1. The van der Waals surface area contributed by atoms with Crippen molar-refractivity contribution in [1.29, 1.82) is 0 Å². The molecule has 0 atom stereocenters. The fraction of sp³-hybridized carbons (Fsp3) is 0.364. The van der Waals surface area contributed by atoms with Crippen molar-refractivity contribution in [3.05, 3.63) is 65.6 Å². The molecule has 0 unspecified atom stereocenters. The highest BCUT2D eigenvalue weighted by Gasteiger charge is 2.22. The molecule has 28 heavy (non-hydrogen) atoms. The van der Waals surface area contributed by atoms with E-state index < -0.39 is 0 Å². The fourth-order valence-corrected chi connectivity index (χ4v) is 3.68. The number of amides is 1. The first-order chi connectivity index (χ1) is 13.6. The Morgan fingerprint density at radius 1 is 1.18 bits per heavy atom. The van der Waals surface area contributed by atoms with Gasteiger partial charge in [0.2, 0.25) is 0 Å². The molecule has 1 fully saturated rings. The molecule has 3 aromatic rings. The van der Waals surface area contributed by atoms with Crippen LogP contribution in [0.15, 0.2) is 48.8 Å². The molecule has 1 aliphatic carbocycles. The zero-order valence-electron chi connectivity index (χ0n) is 16.1. The van der Waals surface area contributed by atoms with Crippen LogP contribution < -0.4 is 15.8 Å². The monoisotopic (exact) mass is 378 g/mol. The minimum Gasteiger partial charge on any atom is -0.486 e. The van der Waals surface area contributed by atoms with Crippen LogP contribution in [-0.2, 0) is 6.61 Å². The first-order valence-corrected chi connectivity index (χ1v) is 9.81. The Labute approximate surface area is 164 Å². The standard InChI is InChI=1S/C22H26N4O2/c1-15-6-11-21-24-18(13-26(21)12-15)14-28-20-5-3-2-4-19(20)22(27)25-17-9-7-16(23)8-10-17/h2-6,11-13,16-17H,7-10,14,23H2,1H3,(H,25,27). The van der Waals surface area contributed by atoms with Crippen LogP contribution in [0.1, 0.15) is 47.3 Å². The molecule has 2 heterocycles. The van der Waals surface area contributed by atoms with Gasteiger partial charge in [0.15, 0.2) is 0 Å². The average Bonchev–Trinajstić information content (AvgIpc) is 3.10. The predicted octanol–water partition coefficient (Wildman–Crippen LogP) is 3.22. The molecular weight excluding hydrogens is 352 g/mol. The van der Waals surface area contributed by atoms with E-state index >= 15 is 0 Å². The second kappa shape index (κ2) is 8.02. The summed E-state index contributed by atoms with van der Waals surface area (Å²) in [7, 11) is 0. The minimum atomic E-state index is -0.0957. The van der Waals surface area contributed by atoms with Crippen LogP contribution in [0.2, 0.25) is 0 Å². The number of rotatable bonds is 5. The molecule has 0 saturated heterocycles. The summed E-state index contributed by atoms with van der Waals surface area (Å²) in [6.07, 6.45) is 7.75. The third kappa shape index (κ3) is 4.17. The van der Waals surface area contributed by atoms with E-state index in [1.165, 1.54) is 5.56 Å². The Hall–Kier alpha value is -2.86. The van der Waals surface area contributed by atoms with E-state index in [0.29, 0.717) is 17.9 Å². The summed E-state index contributed by atoms with van der Waals surface area (Å²) < 4.78 is 7.94. The SMILES string of the molecule is Cc1ccc2nc(COc3ccccc3C(=O)NC3CCC(N)CC3)cn2c1. The van der Waals surface area contributed by atoms with Crippen LogP contribution >= 0.6 is 0 Å². The van der Waals surface area contributed by atoms with Gasteiger partial charge in [-0.15, -0.1) is 0 Å². The molecule has 0 bridgehead atoms. The molecular formula is C22H26N4O2. The number of ether oxygens (including phenoxy) is 1. The van der Waals surface area contributed by atoms with E-state index in [1.807, 2.05) is 54.0 Å². The van der Waals surface area contributed by atoms with Crippen molar-refractivity contribution in [3.63, 3.8) is 0 Å². The average molecular weight is 378 g/mol. The molecule has 1 aromatic carbocycles. The van der Waals surface area contributed by atoms with E-state index in [-0.39, 0.29) is 18.0 Å². The zero-order valence-corrected chi connectivity index (χ0v) is 16.1. The van der Waals surface area contributed by atoms with Crippen molar-refractivity contribution >= 4 is 11.6 Å². The maximum Gasteiger partial charge on any atom is 0.255 e. The minimum absolute atomic E-state index is 0.0957. The van der Waals surface area contributed by atoms with Gasteiger partial charge in [0, 0.05) is 24.5 Å². The topological polar surface area (TPSA) is 81.6 Å². The summed E-state index contributed by atoms with van der Waals surface area (Å²) in [5.41, 5.74) is 9.38. The van der Waals surface area contributed by atoms with E-state index in [1.54, 1.807) is 6.07 Å². The van der Waals surface area contributed by atoms with Gasteiger partial charge in [0.1, 0.15) is 18.0 Å². The number of aryl methyl sites for hydroxylation is 1. The molecule has 1 amide bonds. The summed E-state index contributed by atoms with van der Waals surface area (Å²) in [5.74, 6) is 0.474. The molecule has 0 aliphatic heterocycles. The Kier molecular flexibility index (Phi) is 5.30. The predicted molar refractivity (Wildman–Crippen MR) is 108 cm³/mol. The molecule has 1 saturated carbocycles. The molecule has 3 N–H and O–H groups in total. The molecule has 0 spiro atoms. The van der Waals surface area contributed by atoms with Gasteiger partial charge in [-0.3, -0.25) is 4.79 Å². The van der Waals surface area contributed by atoms with Gasteiger partial charge in [-0.2, -0.15) is 0 Å². The van der Waals surface area contributed by atoms with Crippen molar-refractivity contribution in [2.75, 3.05) is 0 Å². The number of carbonyl (C=O) groups is 1. The summed E-state index contributed by atoms with van der Waals surface area (Å²) in [5, 5.41) is 3.13. The van der Waals surface area contributed by atoms with Gasteiger partial charge in [-0.25, -0.2) is 4.98 Å². The number of nitrogens with zero attached hydrogens (tertiary/aromatic N) is 2. The maximum atomic E-state index is 12.8. The second-order valence-electron chi connectivity index (χ2n) is 7.57. The fourth-order valence-electron chi connectivity index (χ4n) is 3.68. The third-order valence-electron chi connectivity index (χ3n) is 5.26. The summed E-state index contributed by atoms with van der Waals surface area (Å²) in [6, 6.07) is 11.8. The van der Waals surface area contributed by atoms with Crippen LogP contribution in [0.5, 0.6) is 5.75 Å². The Morgan fingerprint density at radius 3 is 2.79 bits per heavy atom. The molecule has 4 rings (SSSR count). The van der Waals surface area contributed by atoms with Gasteiger partial charge >= 0.3 is 0 Å². The molecule has 146 valence electrons. The Morgan fingerprint density at radius 2 is 1.96 bits per heavy atom. The van der Waals surface area contributed by atoms with Crippen LogP contribution in [0, 0.1) is 6.92 Å². The van der Waals surface area contributed by atoms with Crippen LogP contribution in [-0.4, -0.2) is 27.4 Å². The highest BCUT2D eigenvalue weighted by molar-refractivity contribution is 5.97. The van der Waals surface area contributed by atoms with Crippen molar-refractivity contribution in [3.8, 4) is 5.75 Å². The summed E-state index contributed by atoms with van der Waals surface area (Å²) >= 11 is 0.